The predicted octanol–water partition coefficient (Wildman–Crippen LogP) is 2.68. The van der Waals surface area contributed by atoms with E-state index in [1.54, 1.807) is 0 Å². The third-order valence-electron chi connectivity index (χ3n) is 1.68. The van der Waals surface area contributed by atoms with Gasteiger partial charge >= 0.3 is 5.97 Å². The van der Waals surface area contributed by atoms with Gasteiger partial charge in [0.2, 0.25) is 0 Å². The maximum atomic E-state index is 11.0. The van der Waals surface area contributed by atoms with Crippen LogP contribution in [0.5, 0.6) is 0 Å². The van der Waals surface area contributed by atoms with Gasteiger partial charge in [-0.15, -0.1) is 0 Å². The highest BCUT2D eigenvalue weighted by atomic mass is 16.5. The van der Waals surface area contributed by atoms with E-state index in [0.717, 1.165) is 19.3 Å². The van der Waals surface area contributed by atoms with Crippen LogP contribution < -0.4 is 0 Å². The molecule has 0 saturated heterocycles. The first-order chi connectivity index (χ1) is 5.74. The maximum Gasteiger partial charge on any atom is 0.330 e. The average Bonchev–Trinajstić information content (AvgIpc) is 2.10. The molecule has 0 aliphatic heterocycles. The molecule has 0 rings (SSSR count). The first kappa shape index (κ1) is 11.2. The molecule has 0 aromatic heterocycles. The molecule has 0 atom stereocenters. The van der Waals surface area contributed by atoms with E-state index < -0.39 is 0 Å². The second-order valence-electron chi connectivity index (χ2n) is 2.69. The van der Waals surface area contributed by atoms with Crippen molar-refractivity contribution in [3.63, 3.8) is 0 Å². The average molecular weight is 170 g/mol. The zero-order chi connectivity index (χ0) is 9.40. The number of esters is 1. The van der Waals surface area contributed by atoms with Crippen LogP contribution in [0.15, 0.2) is 12.2 Å². The van der Waals surface area contributed by atoms with Crippen LogP contribution in [-0.2, 0) is 9.53 Å². The molecule has 0 saturated carbocycles. The molecule has 2 heteroatoms. The summed E-state index contributed by atoms with van der Waals surface area (Å²) < 4.78 is 5.13. The number of hydrogen-bond donors (Lipinski definition) is 0. The molecule has 0 spiro atoms. The van der Waals surface area contributed by atoms with Gasteiger partial charge in [0.25, 0.3) is 0 Å². The van der Waals surface area contributed by atoms with Crippen molar-refractivity contribution in [2.75, 3.05) is 0 Å². The van der Waals surface area contributed by atoms with E-state index in [4.69, 9.17) is 4.74 Å². The second-order valence-corrected chi connectivity index (χ2v) is 2.69. The van der Waals surface area contributed by atoms with Gasteiger partial charge in [0.15, 0.2) is 0 Å². The highest BCUT2D eigenvalue weighted by molar-refractivity contribution is 5.81. The van der Waals surface area contributed by atoms with Crippen molar-refractivity contribution in [2.24, 2.45) is 0 Å². The van der Waals surface area contributed by atoms with E-state index >= 15 is 0 Å². The van der Waals surface area contributed by atoms with Crippen molar-refractivity contribution in [1.29, 1.82) is 0 Å². The molecule has 0 amide bonds. The SMILES string of the molecule is CCC=CC(=O)OC(CC)CC. The van der Waals surface area contributed by atoms with Crippen LogP contribution in [-0.4, -0.2) is 12.1 Å². The van der Waals surface area contributed by atoms with E-state index in [-0.39, 0.29) is 12.1 Å². The Morgan fingerprint density at radius 2 is 1.92 bits per heavy atom. The molecule has 0 aromatic carbocycles. The van der Waals surface area contributed by atoms with Crippen molar-refractivity contribution in [2.45, 2.75) is 46.1 Å². The lowest BCUT2D eigenvalue weighted by molar-refractivity contribution is -0.143. The summed E-state index contributed by atoms with van der Waals surface area (Å²) in [5.41, 5.74) is 0. The van der Waals surface area contributed by atoms with Gasteiger partial charge in [-0.3, -0.25) is 0 Å². The normalized spacial score (nSPS) is 11.0. The lowest BCUT2D eigenvalue weighted by atomic mass is 10.2. The van der Waals surface area contributed by atoms with Crippen LogP contribution in [0, 0.1) is 0 Å². The highest BCUT2D eigenvalue weighted by Crippen LogP contribution is 2.03. The fourth-order valence-corrected chi connectivity index (χ4v) is 0.873. The summed E-state index contributed by atoms with van der Waals surface area (Å²) in [6.07, 6.45) is 6.05. The van der Waals surface area contributed by atoms with Crippen molar-refractivity contribution >= 4 is 5.97 Å². The Labute approximate surface area is 74.6 Å². The number of hydrogen-bond acceptors (Lipinski definition) is 2. The first-order valence-electron chi connectivity index (χ1n) is 4.61. The predicted molar refractivity (Wildman–Crippen MR) is 49.9 cm³/mol. The Kier molecular flexibility index (Phi) is 6.44. The molecule has 0 radical (unpaired) electrons. The molecular formula is C10H18O2. The Bertz CT molecular complexity index is 146. The number of carbonyl (C=O) groups excluding carboxylic acids is 1. The summed E-state index contributed by atoms with van der Waals surface area (Å²) in [4.78, 5) is 11.0. The molecule has 12 heavy (non-hydrogen) atoms. The third kappa shape index (κ3) is 4.94. The third-order valence-corrected chi connectivity index (χ3v) is 1.68. The van der Waals surface area contributed by atoms with Crippen LogP contribution in [0.1, 0.15) is 40.0 Å². The first-order valence-corrected chi connectivity index (χ1v) is 4.61. The van der Waals surface area contributed by atoms with Gasteiger partial charge in [-0.2, -0.15) is 0 Å². The standard InChI is InChI=1S/C10H18O2/c1-4-7-8-10(11)12-9(5-2)6-3/h7-9H,4-6H2,1-3H3. The summed E-state index contributed by atoms with van der Waals surface area (Å²) in [6.45, 7) is 6.02. The lowest BCUT2D eigenvalue weighted by Gasteiger charge is -2.11. The molecule has 0 bridgehead atoms. The zero-order valence-electron chi connectivity index (χ0n) is 8.17. The quantitative estimate of drug-likeness (QED) is 0.468. The van der Waals surface area contributed by atoms with Crippen LogP contribution in [0.2, 0.25) is 0 Å². The van der Waals surface area contributed by atoms with Crippen LogP contribution in [0.4, 0.5) is 0 Å². The summed E-state index contributed by atoms with van der Waals surface area (Å²) in [5.74, 6) is -0.217. The van der Waals surface area contributed by atoms with Gasteiger partial charge in [0.1, 0.15) is 6.10 Å². The summed E-state index contributed by atoms with van der Waals surface area (Å²) in [7, 11) is 0. The molecule has 0 unspecified atom stereocenters. The minimum absolute atomic E-state index is 0.0824. The minimum atomic E-state index is -0.217. The van der Waals surface area contributed by atoms with Gasteiger partial charge < -0.3 is 4.74 Å². The van der Waals surface area contributed by atoms with Crippen molar-refractivity contribution < 1.29 is 9.53 Å². The van der Waals surface area contributed by atoms with Crippen LogP contribution in [0.25, 0.3) is 0 Å². The zero-order valence-corrected chi connectivity index (χ0v) is 8.17. The smallest absolute Gasteiger partial charge is 0.330 e. The van der Waals surface area contributed by atoms with Gasteiger partial charge in [0.05, 0.1) is 0 Å². The van der Waals surface area contributed by atoms with Gasteiger partial charge in [-0.05, 0) is 19.3 Å². The Morgan fingerprint density at radius 1 is 1.33 bits per heavy atom. The molecular weight excluding hydrogens is 152 g/mol. The van der Waals surface area contributed by atoms with E-state index in [9.17, 15) is 4.79 Å². The molecule has 0 aliphatic rings. The van der Waals surface area contributed by atoms with Crippen molar-refractivity contribution in [3.8, 4) is 0 Å². The summed E-state index contributed by atoms with van der Waals surface area (Å²) in [6, 6.07) is 0. The number of rotatable bonds is 5. The van der Waals surface area contributed by atoms with Gasteiger partial charge in [-0.25, -0.2) is 4.79 Å². The Hall–Kier alpha value is -0.790. The van der Waals surface area contributed by atoms with E-state index in [0.29, 0.717) is 0 Å². The second kappa shape index (κ2) is 6.89. The van der Waals surface area contributed by atoms with Crippen molar-refractivity contribution in [1.82, 2.24) is 0 Å². The number of ether oxygens (including phenoxy) is 1. The Morgan fingerprint density at radius 3 is 2.33 bits per heavy atom. The lowest BCUT2D eigenvalue weighted by Crippen LogP contribution is -2.14. The topological polar surface area (TPSA) is 26.3 Å². The number of allylic oxidation sites excluding steroid dienone is 1. The summed E-state index contributed by atoms with van der Waals surface area (Å²) in [5, 5.41) is 0. The fraction of sp³-hybridized carbons (Fsp3) is 0.700. The monoisotopic (exact) mass is 170 g/mol. The molecule has 70 valence electrons. The van der Waals surface area contributed by atoms with Crippen molar-refractivity contribution in [3.05, 3.63) is 12.2 Å². The van der Waals surface area contributed by atoms with Crippen LogP contribution in [0.3, 0.4) is 0 Å². The molecule has 2 nitrogen and oxygen atoms in total. The summed E-state index contributed by atoms with van der Waals surface area (Å²) >= 11 is 0. The van der Waals surface area contributed by atoms with E-state index in [1.165, 1.54) is 6.08 Å². The van der Waals surface area contributed by atoms with E-state index in [1.807, 2.05) is 26.8 Å². The Balaban J connectivity index is 3.73. The molecule has 0 aromatic rings. The largest absolute Gasteiger partial charge is 0.459 e. The molecule has 0 fully saturated rings. The number of carbonyl (C=O) groups is 1. The molecule has 0 heterocycles. The minimum Gasteiger partial charge on any atom is -0.459 e. The van der Waals surface area contributed by atoms with E-state index in [2.05, 4.69) is 0 Å². The van der Waals surface area contributed by atoms with Gasteiger partial charge in [-0.1, -0.05) is 26.8 Å². The van der Waals surface area contributed by atoms with Crippen LogP contribution >= 0.6 is 0 Å². The van der Waals surface area contributed by atoms with Gasteiger partial charge in [0, 0.05) is 6.08 Å². The fourth-order valence-electron chi connectivity index (χ4n) is 0.873. The molecule has 0 aliphatic carbocycles. The highest BCUT2D eigenvalue weighted by Gasteiger charge is 2.06. The molecule has 0 N–H and O–H groups in total. The maximum absolute atomic E-state index is 11.0.